The molecule has 1 N–H and O–H groups in total. The normalized spacial score (nSPS) is 19.1. The summed E-state index contributed by atoms with van der Waals surface area (Å²) in [6.45, 7) is -0.0344. The van der Waals surface area contributed by atoms with Gasteiger partial charge in [0.1, 0.15) is 0 Å². The number of rotatable bonds is 7. The third kappa shape index (κ3) is 6.22. The number of hydrogen-bond acceptors (Lipinski definition) is 5. The number of fused-ring (bicyclic) bond motifs is 1. The molecule has 1 aromatic heterocycles. The minimum Gasteiger partial charge on any atom is -0.353 e. The number of hydrogen-bond donors (Lipinski definition) is 1. The molecular formula is C28H24Cl2F3N3O4S. The first-order valence-corrected chi connectivity index (χ1v) is 15.0. The van der Waals surface area contributed by atoms with Crippen molar-refractivity contribution < 1.29 is 31.2 Å². The van der Waals surface area contributed by atoms with E-state index >= 15 is 0 Å². The standard InChI is InChI=1S/C28H24Cl2F3N3O4S/c29-21-5-2-6-22(30)27(21)25(37)12-16-11-24-23(34-14-16)10-17(9-19-7-8-26(38)35-19)15-36(24)41(39,40)20-4-1-3-18(13-20)28(31,32)33/h1-6,11,13-14,17,19H,7-10,12,15H2,(H,35,38). The molecule has 216 valence electrons. The van der Waals surface area contributed by atoms with E-state index in [-0.39, 0.29) is 52.1 Å². The van der Waals surface area contributed by atoms with Crippen LogP contribution in [0.3, 0.4) is 0 Å². The lowest BCUT2D eigenvalue weighted by molar-refractivity contribution is -0.137. The molecule has 2 aromatic carbocycles. The molecule has 3 aromatic rings. The van der Waals surface area contributed by atoms with E-state index in [1.807, 2.05) is 0 Å². The molecule has 2 unspecified atom stereocenters. The maximum Gasteiger partial charge on any atom is 0.416 e. The first-order chi connectivity index (χ1) is 19.3. The second-order valence-corrected chi connectivity index (χ2v) is 12.9. The van der Waals surface area contributed by atoms with Crippen LogP contribution in [0.1, 0.15) is 46.4 Å². The number of sulfonamides is 1. The molecule has 2 aliphatic heterocycles. The van der Waals surface area contributed by atoms with Gasteiger partial charge in [-0.2, -0.15) is 13.2 Å². The average molecular weight is 626 g/mol. The predicted octanol–water partition coefficient (Wildman–Crippen LogP) is 5.87. The van der Waals surface area contributed by atoms with Gasteiger partial charge in [0.05, 0.1) is 37.4 Å². The Kier molecular flexibility index (Phi) is 8.06. The van der Waals surface area contributed by atoms with E-state index in [9.17, 15) is 31.2 Å². The topological polar surface area (TPSA) is 96.4 Å². The van der Waals surface area contributed by atoms with E-state index in [4.69, 9.17) is 23.2 Å². The minimum absolute atomic E-state index is 0.0344. The first kappa shape index (κ1) is 29.3. The molecule has 0 saturated carbocycles. The van der Waals surface area contributed by atoms with Gasteiger partial charge < -0.3 is 5.32 Å². The van der Waals surface area contributed by atoms with Gasteiger partial charge in [-0.05, 0) is 67.1 Å². The summed E-state index contributed by atoms with van der Waals surface area (Å²) in [6.07, 6.45) is -1.58. The van der Waals surface area contributed by atoms with Gasteiger partial charge >= 0.3 is 6.18 Å². The molecule has 13 heteroatoms. The number of aromatic nitrogens is 1. The molecule has 1 saturated heterocycles. The van der Waals surface area contributed by atoms with Gasteiger partial charge in [-0.15, -0.1) is 0 Å². The molecule has 3 heterocycles. The number of nitrogens with zero attached hydrogens (tertiary/aromatic N) is 2. The van der Waals surface area contributed by atoms with E-state index in [0.717, 1.165) is 22.5 Å². The minimum atomic E-state index is -4.73. The molecule has 2 aliphatic rings. The van der Waals surface area contributed by atoms with Crippen molar-refractivity contribution in [2.45, 2.75) is 49.2 Å². The van der Waals surface area contributed by atoms with Crippen LogP contribution in [-0.4, -0.2) is 37.7 Å². The second-order valence-electron chi connectivity index (χ2n) is 10.2. The average Bonchev–Trinajstić information content (AvgIpc) is 3.32. The fraction of sp³-hybridized carbons (Fsp3) is 0.321. The van der Waals surface area contributed by atoms with Gasteiger partial charge in [0.2, 0.25) is 5.91 Å². The number of benzene rings is 2. The Labute approximate surface area is 244 Å². The third-order valence-electron chi connectivity index (χ3n) is 7.24. The lowest BCUT2D eigenvalue weighted by Gasteiger charge is -2.36. The fourth-order valence-electron chi connectivity index (χ4n) is 5.30. The van der Waals surface area contributed by atoms with Gasteiger partial charge in [-0.25, -0.2) is 8.42 Å². The largest absolute Gasteiger partial charge is 0.416 e. The maximum absolute atomic E-state index is 13.9. The first-order valence-electron chi connectivity index (χ1n) is 12.8. The highest BCUT2D eigenvalue weighted by Gasteiger charge is 2.38. The summed E-state index contributed by atoms with van der Waals surface area (Å²) in [5, 5.41) is 3.22. The van der Waals surface area contributed by atoms with E-state index < -0.39 is 32.4 Å². The molecule has 2 atom stereocenters. The summed E-state index contributed by atoms with van der Waals surface area (Å²) in [4.78, 5) is 28.7. The summed E-state index contributed by atoms with van der Waals surface area (Å²) < 4.78 is 69.1. The number of halogens is 5. The van der Waals surface area contributed by atoms with Gasteiger partial charge in [0.25, 0.3) is 10.0 Å². The summed E-state index contributed by atoms with van der Waals surface area (Å²) >= 11 is 12.4. The van der Waals surface area contributed by atoms with E-state index in [1.165, 1.54) is 24.4 Å². The molecule has 0 spiro atoms. The summed E-state index contributed by atoms with van der Waals surface area (Å²) in [5.74, 6) is -0.737. The molecule has 0 aliphatic carbocycles. The van der Waals surface area contributed by atoms with Crippen LogP contribution in [0.5, 0.6) is 0 Å². The quantitative estimate of drug-likeness (QED) is 0.331. The van der Waals surface area contributed by atoms with Crippen LogP contribution >= 0.6 is 23.2 Å². The molecule has 0 radical (unpaired) electrons. The van der Waals surface area contributed by atoms with Crippen LogP contribution in [0, 0.1) is 5.92 Å². The number of amides is 1. The highest BCUT2D eigenvalue weighted by Crippen LogP contribution is 2.38. The highest BCUT2D eigenvalue weighted by atomic mass is 35.5. The van der Waals surface area contributed by atoms with Crippen molar-refractivity contribution in [2.24, 2.45) is 5.92 Å². The number of carbonyl (C=O) groups excluding carboxylic acids is 2. The number of pyridine rings is 1. The zero-order chi connectivity index (χ0) is 29.5. The van der Waals surface area contributed by atoms with Gasteiger partial charge in [-0.3, -0.25) is 18.9 Å². The lowest BCUT2D eigenvalue weighted by Crippen LogP contribution is -2.42. The highest BCUT2D eigenvalue weighted by molar-refractivity contribution is 7.92. The van der Waals surface area contributed by atoms with E-state index in [2.05, 4.69) is 10.3 Å². The number of Topliss-reactive ketones (excluding diaryl/α,β-unsaturated/α-hetero) is 1. The summed E-state index contributed by atoms with van der Waals surface area (Å²) in [6, 6.07) is 9.62. The Balaban J connectivity index is 1.52. The van der Waals surface area contributed by atoms with Crippen molar-refractivity contribution in [1.29, 1.82) is 0 Å². The monoisotopic (exact) mass is 625 g/mol. The van der Waals surface area contributed by atoms with Crippen molar-refractivity contribution in [3.8, 4) is 0 Å². The van der Waals surface area contributed by atoms with Crippen molar-refractivity contribution in [1.82, 2.24) is 10.3 Å². The molecule has 1 amide bonds. The molecule has 41 heavy (non-hydrogen) atoms. The maximum atomic E-state index is 13.9. The molecule has 7 nitrogen and oxygen atoms in total. The van der Waals surface area contributed by atoms with Crippen LogP contribution in [0.25, 0.3) is 0 Å². The van der Waals surface area contributed by atoms with Crippen LogP contribution in [-0.2, 0) is 33.8 Å². The van der Waals surface area contributed by atoms with Gasteiger partial charge in [0, 0.05) is 31.6 Å². The van der Waals surface area contributed by atoms with Crippen LogP contribution in [0.4, 0.5) is 18.9 Å². The Bertz CT molecular complexity index is 1610. The van der Waals surface area contributed by atoms with Crippen LogP contribution in [0.15, 0.2) is 59.6 Å². The number of ketones is 1. The van der Waals surface area contributed by atoms with Crippen molar-refractivity contribution in [3.05, 3.63) is 87.2 Å². The smallest absolute Gasteiger partial charge is 0.353 e. The SMILES string of the molecule is O=C1CCC(CC2Cc3ncc(CC(=O)c4c(Cl)cccc4Cl)cc3N(S(=O)(=O)c3cccc(C(F)(F)F)c3)C2)N1. The number of anilines is 1. The van der Waals surface area contributed by atoms with E-state index in [1.54, 1.807) is 6.07 Å². The van der Waals surface area contributed by atoms with Crippen LogP contribution in [0.2, 0.25) is 10.0 Å². The Morgan fingerprint density at radius 1 is 1.10 bits per heavy atom. The van der Waals surface area contributed by atoms with Crippen molar-refractivity contribution in [3.63, 3.8) is 0 Å². The van der Waals surface area contributed by atoms with E-state index in [0.29, 0.717) is 43.0 Å². The fourth-order valence-corrected chi connectivity index (χ4v) is 7.52. The van der Waals surface area contributed by atoms with Gasteiger partial charge in [-0.1, -0.05) is 35.3 Å². The Hall–Kier alpha value is -3.15. The van der Waals surface area contributed by atoms with Crippen molar-refractivity contribution in [2.75, 3.05) is 10.8 Å². The summed E-state index contributed by atoms with van der Waals surface area (Å²) in [7, 11) is -4.47. The zero-order valence-corrected chi connectivity index (χ0v) is 23.7. The predicted molar refractivity (Wildman–Crippen MR) is 148 cm³/mol. The Morgan fingerprint density at radius 3 is 2.46 bits per heavy atom. The molecule has 1 fully saturated rings. The number of carbonyl (C=O) groups is 2. The Morgan fingerprint density at radius 2 is 1.80 bits per heavy atom. The van der Waals surface area contributed by atoms with Crippen molar-refractivity contribution >= 4 is 50.6 Å². The summed E-state index contributed by atoms with van der Waals surface area (Å²) in [5.41, 5.74) is 0.0315. The van der Waals surface area contributed by atoms with Gasteiger partial charge in [0.15, 0.2) is 5.78 Å². The second kappa shape index (κ2) is 11.3. The molecular weight excluding hydrogens is 602 g/mol. The number of nitrogens with one attached hydrogen (secondary N) is 1. The molecule has 0 bridgehead atoms. The molecule has 5 rings (SSSR count). The third-order valence-corrected chi connectivity index (χ3v) is 9.64. The lowest BCUT2D eigenvalue weighted by atomic mass is 9.90. The number of alkyl halides is 3. The van der Waals surface area contributed by atoms with Crippen LogP contribution < -0.4 is 9.62 Å². The zero-order valence-electron chi connectivity index (χ0n) is 21.4.